The van der Waals surface area contributed by atoms with E-state index in [9.17, 15) is 9.90 Å². The monoisotopic (exact) mass is 266 g/mol. The molecule has 3 aliphatic rings. The van der Waals surface area contributed by atoms with Gasteiger partial charge >= 0.3 is 0 Å². The summed E-state index contributed by atoms with van der Waals surface area (Å²) in [6.07, 6.45) is 11.0. The van der Waals surface area contributed by atoms with Gasteiger partial charge in [-0.1, -0.05) is 19.3 Å². The summed E-state index contributed by atoms with van der Waals surface area (Å²) < 4.78 is 6.05. The third-order valence-corrected chi connectivity index (χ3v) is 5.52. The van der Waals surface area contributed by atoms with Crippen LogP contribution in [0.3, 0.4) is 0 Å². The van der Waals surface area contributed by atoms with E-state index in [1.165, 1.54) is 19.3 Å². The lowest BCUT2D eigenvalue weighted by atomic mass is 9.72. The molecular weight excluding hydrogens is 240 g/mol. The van der Waals surface area contributed by atoms with E-state index in [2.05, 4.69) is 0 Å². The second-order valence-corrected chi connectivity index (χ2v) is 6.88. The second kappa shape index (κ2) is 5.17. The quantitative estimate of drug-likeness (QED) is 0.835. The molecule has 0 aromatic heterocycles. The third kappa shape index (κ3) is 2.59. The van der Waals surface area contributed by atoms with Crippen molar-refractivity contribution in [3.8, 4) is 0 Å². The van der Waals surface area contributed by atoms with Crippen LogP contribution in [0.2, 0.25) is 0 Å². The largest absolute Gasteiger partial charge is 0.382 e. The van der Waals surface area contributed by atoms with Crippen molar-refractivity contribution in [2.24, 2.45) is 5.92 Å². The molecule has 1 N–H and O–H groups in total. The zero-order valence-electron chi connectivity index (χ0n) is 11.8. The van der Waals surface area contributed by atoms with Crippen LogP contribution in [0.1, 0.15) is 70.6 Å². The first kappa shape index (κ1) is 13.6. The summed E-state index contributed by atoms with van der Waals surface area (Å²) in [6.45, 7) is 0.701. The van der Waals surface area contributed by atoms with E-state index in [0.29, 0.717) is 19.4 Å². The summed E-state index contributed by atoms with van der Waals surface area (Å²) in [5, 5.41) is 10.5. The lowest BCUT2D eigenvalue weighted by molar-refractivity contribution is -0.157. The van der Waals surface area contributed by atoms with Crippen LogP contribution in [-0.4, -0.2) is 28.7 Å². The number of hydrogen-bond acceptors (Lipinski definition) is 3. The maximum atomic E-state index is 12.6. The van der Waals surface area contributed by atoms with E-state index in [4.69, 9.17) is 4.74 Å². The zero-order chi connectivity index (χ0) is 13.3. The minimum absolute atomic E-state index is 0.0359. The van der Waals surface area contributed by atoms with Crippen LogP contribution in [-0.2, 0) is 9.53 Å². The maximum Gasteiger partial charge on any atom is 0.167 e. The molecule has 19 heavy (non-hydrogen) atoms. The Balaban J connectivity index is 1.69. The second-order valence-electron chi connectivity index (χ2n) is 6.88. The summed E-state index contributed by atoms with van der Waals surface area (Å²) in [7, 11) is 0. The van der Waals surface area contributed by atoms with Gasteiger partial charge in [0, 0.05) is 12.5 Å². The van der Waals surface area contributed by atoms with Crippen molar-refractivity contribution >= 4 is 5.78 Å². The number of carbonyl (C=O) groups is 1. The molecular formula is C16H26O3. The topological polar surface area (TPSA) is 46.5 Å². The molecule has 108 valence electrons. The molecule has 1 saturated heterocycles. The fourth-order valence-electron chi connectivity index (χ4n) is 4.38. The number of rotatable bonds is 2. The van der Waals surface area contributed by atoms with Gasteiger partial charge in [-0.3, -0.25) is 4.79 Å². The normalized spacial score (nSPS) is 33.4. The molecule has 3 rings (SSSR count). The predicted molar refractivity (Wildman–Crippen MR) is 72.9 cm³/mol. The van der Waals surface area contributed by atoms with Crippen molar-refractivity contribution in [2.45, 2.75) is 81.8 Å². The Bertz CT molecular complexity index is 332. The Kier molecular flexibility index (Phi) is 3.69. The van der Waals surface area contributed by atoms with Crippen LogP contribution in [0.15, 0.2) is 0 Å². The molecule has 0 radical (unpaired) electrons. The highest BCUT2D eigenvalue weighted by Crippen LogP contribution is 2.43. The summed E-state index contributed by atoms with van der Waals surface area (Å²) in [5.74, 6) is 0.160. The molecule has 0 aromatic rings. The summed E-state index contributed by atoms with van der Waals surface area (Å²) in [5.41, 5.74) is -1.04. The van der Waals surface area contributed by atoms with E-state index >= 15 is 0 Å². The summed E-state index contributed by atoms with van der Waals surface area (Å²) in [4.78, 5) is 12.6. The number of ketones is 1. The SMILES string of the molecule is O=C(C1CCOC2(CCCCC2)C1)C1(O)CCCC1. The van der Waals surface area contributed by atoms with E-state index < -0.39 is 5.60 Å². The lowest BCUT2D eigenvalue weighted by Crippen LogP contribution is -2.48. The molecule has 3 fully saturated rings. The first-order valence-electron chi connectivity index (χ1n) is 8.04. The van der Waals surface area contributed by atoms with Crippen molar-refractivity contribution in [1.82, 2.24) is 0 Å². The highest BCUT2D eigenvalue weighted by molar-refractivity contribution is 5.89. The summed E-state index contributed by atoms with van der Waals surface area (Å²) in [6, 6.07) is 0. The lowest BCUT2D eigenvalue weighted by Gasteiger charge is -2.44. The van der Waals surface area contributed by atoms with Gasteiger partial charge < -0.3 is 9.84 Å². The van der Waals surface area contributed by atoms with Gasteiger partial charge in [-0.15, -0.1) is 0 Å². The first-order valence-corrected chi connectivity index (χ1v) is 8.04. The van der Waals surface area contributed by atoms with Gasteiger partial charge in [-0.25, -0.2) is 0 Å². The third-order valence-electron chi connectivity index (χ3n) is 5.52. The molecule has 1 spiro atoms. The predicted octanol–water partition coefficient (Wildman–Crippen LogP) is 2.99. The molecule has 0 amide bonds. The molecule has 0 aromatic carbocycles. The minimum atomic E-state index is -1.00. The average Bonchev–Trinajstić information content (AvgIpc) is 2.87. The van der Waals surface area contributed by atoms with Crippen molar-refractivity contribution in [3.63, 3.8) is 0 Å². The number of ether oxygens (including phenoxy) is 1. The van der Waals surface area contributed by atoms with Crippen molar-refractivity contribution < 1.29 is 14.6 Å². The van der Waals surface area contributed by atoms with Gasteiger partial charge in [0.15, 0.2) is 5.78 Å². The van der Waals surface area contributed by atoms with E-state index in [-0.39, 0.29) is 17.3 Å². The van der Waals surface area contributed by atoms with Crippen molar-refractivity contribution in [2.75, 3.05) is 6.61 Å². The molecule has 2 saturated carbocycles. The van der Waals surface area contributed by atoms with E-state index in [0.717, 1.165) is 38.5 Å². The minimum Gasteiger partial charge on any atom is -0.382 e. The molecule has 1 atom stereocenters. The number of aliphatic hydroxyl groups is 1. The molecule has 1 heterocycles. The Morgan fingerprint density at radius 2 is 1.63 bits per heavy atom. The molecule has 2 aliphatic carbocycles. The highest BCUT2D eigenvalue weighted by atomic mass is 16.5. The Labute approximate surface area is 115 Å². The van der Waals surface area contributed by atoms with Gasteiger partial charge in [-0.2, -0.15) is 0 Å². The Morgan fingerprint density at radius 1 is 1.00 bits per heavy atom. The number of hydrogen-bond donors (Lipinski definition) is 1. The molecule has 3 heteroatoms. The van der Waals surface area contributed by atoms with Gasteiger partial charge in [0.05, 0.1) is 5.60 Å². The van der Waals surface area contributed by atoms with Gasteiger partial charge in [0.25, 0.3) is 0 Å². The van der Waals surface area contributed by atoms with Crippen LogP contribution in [0.4, 0.5) is 0 Å². The van der Waals surface area contributed by atoms with E-state index in [1.807, 2.05) is 0 Å². The zero-order valence-corrected chi connectivity index (χ0v) is 11.8. The first-order chi connectivity index (χ1) is 9.14. The molecule has 1 unspecified atom stereocenters. The smallest absolute Gasteiger partial charge is 0.167 e. The highest BCUT2D eigenvalue weighted by Gasteiger charge is 2.47. The Hall–Kier alpha value is -0.410. The fraction of sp³-hybridized carbons (Fsp3) is 0.938. The average molecular weight is 266 g/mol. The van der Waals surface area contributed by atoms with Crippen LogP contribution in [0, 0.1) is 5.92 Å². The number of Topliss-reactive ketones (excluding diaryl/α,β-unsaturated/α-hetero) is 1. The summed E-state index contributed by atoms with van der Waals surface area (Å²) >= 11 is 0. The fourth-order valence-corrected chi connectivity index (χ4v) is 4.38. The Morgan fingerprint density at radius 3 is 2.32 bits per heavy atom. The number of carbonyl (C=O) groups excluding carboxylic acids is 1. The van der Waals surface area contributed by atoms with Gasteiger partial charge in [0.2, 0.25) is 0 Å². The van der Waals surface area contributed by atoms with Crippen molar-refractivity contribution in [1.29, 1.82) is 0 Å². The van der Waals surface area contributed by atoms with Crippen LogP contribution in [0.25, 0.3) is 0 Å². The molecule has 3 nitrogen and oxygen atoms in total. The standard InChI is InChI=1S/C16H26O3/c17-14(16(18)9-4-5-10-16)13-6-11-19-15(12-13)7-2-1-3-8-15/h13,18H,1-12H2. The van der Waals surface area contributed by atoms with Gasteiger partial charge in [-0.05, 0) is 51.4 Å². The van der Waals surface area contributed by atoms with Crippen LogP contribution < -0.4 is 0 Å². The maximum absolute atomic E-state index is 12.6. The van der Waals surface area contributed by atoms with Crippen LogP contribution in [0.5, 0.6) is 0 Å². The van der Waals surface area contributed by atoms with E-state index in [1.54, 1.807) is 0 Å². The van der Waals surface area contributed by atoms with Crippen molar-refractivity contribution in [3.05, 3.63) is 0 Å². The molecule has 0 bridgehead atoms. The molecule has 1 aliphatic heterocycles. The van der Waals surface area contributed by atoms with Crippen LogP contribution >= 0.6 is 0 Å². The van der Waals surface area contributed by atoms with Gasteiger partial charge in [0.1, 0.15) is 5.60 Å².